The number of aliphatic hydroxyl groups is 1. The third kappa shape index (κ3) is 3.87. The molecule has 2 aromatic heterocycles. The van der Waals surface area contributed by atoms with E-state index in [9.17, 15) is 19.8 Å². The van der Waals surface area contributed by atoms with E-state index < -0.39 is 18.0 Å². The van der Waals surface area contributed by atoms with Gasteiger partial charge in [-0.3, -0.25) is 4.79 Å². The number of thiazole rings is 1. The van der Waals surface area contributed by atoms with Crippen LogP contribution in [0.4, 0.5) is 0 Å². The number of carboxylic acid groups (broad SMARTS) is 1. The van der Waals surface area contributed by atoms with Crippen LogP contribution < -0.4 is 28.5 Å². The third-order valence-electron chi connectivity index (χ3n) is 6.50. The fourth-order valence-corrected chi connectivity index (χ4v) is 7.36. The van der Waals surface area contributed by atoms with Gasteiger partial charge < -0.3 is 39.1 Å². The predicted octanol–water partition coefficient (Wildman–Crippen LogP) is 0.369. The van der Waals surface area contributed by atoms with Gasteiger partial charge in [0.25, 0.3) is 6.33 Å². The Bertz CT molecular complexity index is 1320. The molecule has 11 heteroatoms. The van der Waals surface area contributed by atoms with Crippen LogP contribution in [0.3, 0.4) is 0 Å². The summed E-state index contributed by atoms with van der Waals surface area (Å²) in [5.74, 6) is -2.18. The van der Waals surface area contributed by atoms with Crippen molar-refractivity contribution >= 4 is 57.0 Å². The van der Waals surface area contributed by atoms with Crippen LogP contribution in [0, 0.1) is 11.8 Å². The van der Waals surface area contributed by atoms with Crippen molar-refractivity contribution < 1.29 is 48.3 Å². The van der Waals surface area contributed by atoms with Crippen LogP contribution in [-0.4, -0.2) is 49.8 Å². The smallest absolute Gasteiger partial charge is 0.352 e. The minimum absolute atomic E-state index is 0. The zero-order valence-electron chi connectivity index (χ0n) is 18.6. The van der Waals surface area contributed by atoms with Crippen molar-refractivity contribution in [3.63, 3.8) is 0 Å². The number of nitrogens with zero attached hydrogens (tertiary/aromatic N) is 3. The second-order valence-corrected chi connectivity index (χ2v) is 10.8. The average molecular weight is 632 g/mol. The summed E-state index contributed by atoms with van der Waals surface area (Å²) >= 11 is 9.17. The lowest BCUT2D eigenvalue weighted by atomic mass is 9.77. The van der Waals surface area contributed by atoms with Gasteiger partial charge in [0.05, 0.1) is 22.9 Å². The fourth-order valence-electron chi connectivity index (χ4n) is 5.05. The number of carbonyl (C=O) groups is 2. The molecular formula is C23H23ClIN3O4S2. The number of aliphatic carboxylic acids is 1. The highest BCUT2D eigenvalue weighted by Crippen LogP contribution is 2.51. The molecule has 3 aromatic rings. The average Bonchev–Trinajstić information content (AvgIpc) is 3.36. The maximum Gasteiger partial charge on any atom is 0.352 e. The van der Waals surface area contributed by atoms with Gasteiger partial charge in [-0.1, -0.05) is 53.8 Å². The van der Waals surface area contributed by atoms with Crippen LogP contribution in [0.25, 0.3) is 10.4 Å². The van der Waals surface area contributed by atoms with Crippen LogP contribution in [0.15, 0.2) is 47.5 Å². The van der Waals surface area contributed by atoms with E-state index in [2.05, 4.69) is 4.57 Å². The van der Waals surface area contributed by atoms with Crippen molar-refractivity contribution in [2.24, 2.45) is 11.8 Å². The van der Waals surface area contributed by atoms with E-state index in [-0.39, 0.29) is 47.5 Å². The molecule has 0 saturated carbocycles. The zero-order valence-corrected chi connectivity index (χ0v) is 23.2. The molecule has 1 aromatic carbocycles. The molecule has 4 heterocycles. The predicted molar refractivity (Wildman–Crippen MR) is 127 cm³/mol. The van der Waals surface area contributed by atoms with E-state index in [1.165, 1.54) is 16.2 Å². The summed E-state index contributed by atoms with van der Waals surface area (Å²) < 4.78 is 4.18. The number of hydrogen-bond donors (Lipinski definition) is 2. The van der Waals surface area contributed by atoms with Crippen LogP contribution in [0.2, 0.25) is 5.02 Å². The number of fused-ring (bicyclic) bond motifs is 2. The van der Waals surface area contributed by atoms with Gasteiger partial charge in [0.2, 0.25) is 15.8 Å². The topological polar surface area (TPSA) is 86.1 Å². The monoisotopic (exact) mass is 631 g/mol. The summed E-state index contributed by atoms with van der Waals surface area (Å²) in [6, 6.07) is 7.43. The van der Waals surface area contributed by atoms with E-state index in [1.807, 2.05) is 54.4 Å². The first-order chi connectivity index (χ1) is 15.7. The van der Waals surface area contributed by atoms with Crippen LogP contribution in [0.5, 0.6) is 0 Å². The number of amides is 1. The lowest BCUT2D eigenvalue weighted by molar-refractivity contribution is -0.721. The summed E-state index contributed by atoms with van der Waals surface area (Å²) in [4.78, 5) is 28.0. The highest BCUT2D eigenvalue weighted by atomic mass is 127. The molecule has 1 amide bonds. The Hall–Kier alpha value is -1.60. The molecule has 180 valence electrons. The van der Waals surface area contributed by atoms with E-state index in [1.54, 1.807) is 18.7 Å². The Balaban J connectivity index is 0.00000274. The number of aliphatic hydroxyl groups excluding tert-OH is 1. The Labute approximate surface area is 227 Å². The molecule has 4 atom stereocenters. The second-order valence-electron chi connectivity index (χ2n) is 8.51. The third-order valence-corrected chi connectivity index (χ3v) is 8.84. The van der Waals surface area contributed by atoms with Crippen LogP contribution >= 0.6 is 34.7 Å². The number of carbonyl (C=O) groups excluding carboxylic acids is 1. The maximum absolute atomic E-state index is 12.6. The number of halogens is 2. The molecule has 0 unspecified atom stereocenters. The molecule has 0 radical (unpaired) electrons. The number of thioether (sulfide) groups is 1. The van der Waals surface area contributed by atoms with E-state index >= 15 is 0 Å². The van der Waals surface area contributed by atoms with Crippen LogP contribution in [-0.2, 0) is 16.1 Å². The first-order valence-corrected chi connectivity index (χ1v) is 13.0. The minimum atomic E-state index is -1.11. The largest absolute Gasteiger partial charge is 1.00 e. The SMILES string of the molecule is CSc1c2sc(C3=C(C(=O)O)N4C(=O)[C@H]([C@@H](C)O)[C@H]4[C@H]3C)cn2c[n+]1Cc1ccc(Cl)cc1.[I-]. The van der Waals surface area contributed by atoms with Gasteiger partial charge in [0.1, 0.15) is 18.4 Å². The number of carboxylic acids is 1. The Morgan fingerprint density at radius 1 is 1.32 bits per heavy atom. The van der Waals surface area contributed by atoms with Gasteiger partial charge in [0.15, 0.2) is 0 Å². The number of benzene rings is 1. The Kier molecular flexibility index (Phi) is 7.09. The quantitative estimate of drug-likeness (QED) is 0.178. The summed E-state index contributed by atoms with van der Waals surface area (Å²) in [6.07, 6.45) is 5.16. The van der Waals surface area contributed by atoms with Crippen molar-refractivity contribution in [1.82, 2.24) is 9.30 Å². The summed E-state index contributed by atoms with van der Waals surface area (Å²) in [5, 5.41) is 21.8. The molecule has 5 rings (SSSR count). The van der Waals surface area contributed by atoms with Crippen molar-refractivity contribution in [3.05, 3.63) is 57.9 Å². The second kappa shape index (κ2) is 9.45. The van der Waals surface area contributed by atoms with Gasteiger partial charge in [-0.15, -0.1) is 0 Å². The van der Waals surface area contributed by atoms with E-state index in [0.29, 0.717) is 17.1 Å². The van der Waals surface area contributed by atoms with E-state index in [4.69, 9.17) is 11.6 Å². The zero-order chi connectivity index (χ0) is 23.6. The lowest BCUT2D eigenvalue weighted by Crippen LogP contribution is -3.00. The number of hydrogen-bond acceptors (Lipinski definition) is 5. The van der Waals surface area contributed by atoms with Gasteiger partial charge in [-0.2, -0.15) is 4.40 Å². The molecular weight excluding hydrogens is 609 g/mol. The maximum atomic E-state index is 12.6. The van der Waals surface area contributed by atoms with Gasteiger partial charge >= 0.3 is 5.97 Å². The molecule has 7 nitrogen and oxygen atoms in total. The molecule has 0 bridgehead atoms. The minimum Gasteiger partial charge on any atom is -1.00 e. The molecule has 1 fully saturated rings. The first kappa shape index (κ1) is 25.5. The molecule has 1 saturated heterocycles. The number of rotatable bonds is 6. The molecule has 2 N–H and O–H groups in total. The van der Waals surface area contributed by atoms with Crippen molar-refractivity contribution in [1.29, 1.82) is 0 Å². The van der Waals surface area contributed by atoms with Crippen molar-refractivity contribution in [2.45, 2.75) is 37.6 Å². The molecule has 2 aliphatic heterocycles. The summed E-state index contributed by atoms with van der Waals surface area (Å²) in [5.41, 5.74) is 1.83. The van der Waals surface area contributed by atoms with Crippen molar-refractivity contribution in [3.8, 4) is 0 Å². The number of β-lactam (4-membered cyclic amide) rings is 1. The highest BCUT2D eigenvalue weighted by Gasteiger charge is 2.60. The van der Waals surface area contributed by atoms with Crippen molar-refractivity contribution in [2.75, 3.05) is 6.26 Å². The van der Waals surface area contributed by atoms with Gasteiger partial charge in [0, 0.05) is 16.5 Å². The molecule has 34 heavy (non-hydrogen) atoms. The fraction of sp³-hybridized carbons (Fsp3) is 0.348. The Morgan fingerprint density at radius 2 is 2.00 bits per heavy atom. The first-order valence-electron chi connectivity index (χ1n) is 10.5. The highest BCUT2D eigenvalue weighted by molar-refractivity contribution is 7.98. The van der Waals surface area contributed by atoms with Gasteiger partial charge in [-0.25, -0.2) is 9.36 Å². The number of aromatic nitrogens is 2. The summed E-state index contributed by atoms with van der Waals surface area (Å²) in [6.45, 7) is 4.22. The normalized spacial score (nSPS) is 22.6. The lowest BCUT2D eigenvalue weighted by Gasteiger charge is -2.46. The van der Waals surface area contributed by atoms with Gasteiger partial charge in [-0.05, 0) is 30.9 Å². The Morgan fingerprint density at radius 3 is 2.59 bits per heavy atom. The van der Waals surface area contributed by atoms with Crippen LogP contribution in [0.1, 0.15) is 24.3 Å². The number of imidazole rings is 1. The molecule has 0 aliphatic carbocycles. The summed E-state index contributed by atoms with van der Waals surface area (Å²) in [7, 11) is 0. The molecule has 2 aliphatic rings. The molecule has 0 spiro atoms. The van der Waals surface area contributed by atoms with E-state index in [0.717, 1.165) is 20.3 Å². The standard InChI is InChI=1S/C23H22ClN3O4S2.HI/c1-11-16(19(23(30)31)27-18(11)17(12(2)28)20(27)29)15-9-26-10-25(21(32-3)22(26)33-15)8-13-4-6-14(24)7-5-13;/h4-7,9-12,17-18,28H,8H2,1-3H3;1H/t11-,12+,17+,18+;/m0./s1.